The second kappa shape index (κ2) is 11.4. The van der Waals surface area contributed by atoms with Crippen LogP contribution in [0.5, 0.6) is 0 Å². The van der Waals surface area contributed by atoms with E-state index in [-0.39, 0.29) is 5.41 Å². The molecule has 250 valence electrons. The molecule has 1 heterocycles. The standard InChI is InChI=1S/C51H41N/c1-33-9-7-11-35-10-3-4-14-48(35)52(33)41-23-17-34(18-24-41)39-21-26-43-44-27-22-40(32-47(44)51(46(43)31-39)29-5-2-6-30-51)42-25-19-38-16-15-36-12-8-13-37-20-28-45(42)50(38)49(36)37/h3-4,8-10,12-28,31-32H,2,5-7,11,29-30H2,1H3. The molecular formula is C51H41N. The van der Waals surface area contributed by atoms with E-state index in [9.17, 15) is 0 Å². The highest BCUT2D eigenvalue weighted by molar-refractivity contribution is 6.25. The largest absolute Gasteiger partial charge is 0.315 e. The minimum Gasteiger partial charge on any atom is -0.315 e. The number of anilines is 2. The van der Waals surface area contributed by atoms with Crippen LogP contribution < -0.4 is 4.90 Å². The van der Waals surface area contributed by atoms with Gasteiger partial charge in [-0.25, -0.2) is 0 Å². The molecular weight excluding hydrogens is 627 g/mol. The van der Waals surface area contributed by atoms with Gasteiger partial charge in [0.2, 0.25) is 0 Å². The number of hydrogen-bond acceptors (Lipinski definition) is 1. The molecule has 0 atom stereocenters. The maximum Gasteiger partial charge on any atom is 0.0490 e. The van der Waals surface area contributed by atoms with Gasteiger partial charge in [-0.05, 0) is 145 Å². The van der Waals surface area contributed by atoms with Crippen molar-refractivity contribution in [1.29, 1.82) is 0 Å². The third-order valence-corrected chi connectivity index (χ3v) is 12.8. The number of aryl methyl sites for hydroxylation is 1. The molecule has 2 aliphatic carbocycles. The number of nitrogens with zero attached hydrogens (tertiary/aromatic N) is 1. The molecule has 1 spiro atoms. The summed E-state index contributed by atoms with van der Waals surface area (Å²) in [5, 5.41) is 8.11. The van der Waals surface area contributed by atoms with E-state index < -0.39 is 0 Å². The van der Waals surface area contributed by atoms with Gasteiger partial charge < -0.3 is 4.90 Å². The van der Waals surface area contributed by atoms with Crippen molar-refractivity contribution in [3.05, 3.63) is 168 Å². The van der Waals surface area contributed by atoms with Crippen LogP contribution in [0.3, 0.4) is 0 Å². The number of benzene rings is 8. The Kier molecular flexibility index (Phi) is 6.59. The van der Waals surface area contributed by atoms with Crippen molar-refractivity contribution in [2.24, 2.45) is 0 Å². The Morgan fingerprint density at radius 1 is 0.519 bits per heavy atom. The van der Waals surface area contributed by atoms with Crippen LogP contribution in [0, 0.1) is 0 Å². The molecule has 11 rings (SSSR count). The topological polar surface area (TPSA) is 3.24 Å². The molecule has 52 heavy (non-hydrogen) atoms. The van der Waals surface area contributed by atoms with Gasteiger partial charge in [0.15, 0.2) is 0 Å². The first-order valence-corrected chi connectivity index (χ1v) is 19.3. The number of rotatable bonds is 3. The van der Waals surface area contributed by atoms with E-state index in [1.165, 1.54) is 126 Å². The molecule has 1 fully saturated rings. The molecule has 0 radical (unpaired) electrons. The van der Waals surface area contributed by atoms with Crippen LogP contribution in [-0.2, 0) is 11.8 Å². The molecule has 0 saturated heterocycles. The minimum absolute atomic E-state index is 0.0658. The number of allylic oxidation sites excluding steroid dienone is 2. The second-order valence-electron chi connectivity index (χ2n) is 15.5. The number of para-hydroxylation sites is 1. The molecule has 0 amide bonds. The molecule has 0 unspecified atom stereocenters. The zero-order valence-electron chi connectivity index (χ0n) is 29.8. The van der Waals surface area contributed by atoms with E-state index in [0.29, 0.717) is 0 Å². The molecule has 1 aliphatic heterocycles. The molecule has 0 bridgehead atoms. The smallest absolute Gasteiger partial charge is 0.0490 e. The molecule has 1 heteroatoms. The summed E-state index contributed by atoms with van der Waals surface area (Å²) in [5.41, 5.74) is 16.5. The SMILES string of the molecule is CC1=CCCc2ccccc2N1c1ccc(-c2ccc3c(c2)C2(CCCCC2)c2cc(-c4ccc5ccc6cccc7ccc4c5c67)ccc2-3)cc1. The summed E-state index contributed by atoms with van der Waals surface area (Å²) in [4.78, 5) is 2.43. The van der Waals surface area contributed by atoms with Crippen LogP contribution in [0.25, 0.3) is 65.7 Å². The quantitative estimate of drug-likeness (QED) is 0.170. The van der Waals surface area contributed by atoms with Crippen LogP contribution >= 0.6 is 0 Å². The fourth-order valence-corrected chi connectivity index (χ4v) is 10.3. The van der Waals surface area contributed by atoms with E-state index in [1.807, 2.05) is 0 Å². The van der Waals surface area contributed by atoms with Gasteiger partial charge in [-0.2, -0.15) is 0 Å². The summed E-state index contributed by atoms with van der Waals surface area (Å²) in [6, 6.07) is 53.6. The monoisotopic (exact) mass is 667 g/mol. The zero-order chi connectivity index (χ0) is 34.4. The minimum atomic E-state index is 0.0658. The summed E-state index contributed by atoms with van der Waals surface area (Å²) in [7, 11) is 0. The molecule has 0 aromatic heterocycles. The van der Waals surface area contributed by atoms with Gasteiger partial charge in [-0.3, -0.25) is 0 Å². The van der Waals surface area contributed by atoms with E-state index in [2.05, 4.69) is 157 Å². The molecule has 8 aromatic rings. The van der Waals surface area contributed by atoms with Crippen molar-refractivity contribution in [3.63, 3.8) is 0 Å². The summed E-state index contributed by atoms with van der Waals surface area (Å²) in [6.45, 7) is 2.24. The Morgan fingerprint density at radius 2 is 1.15 bits per heavy atom. The first-order chi connectivity index (χ1) is 25.7. The molecule has 1 saturated carbocycles. The van der Waals surface area contributed by atoms with Gasteiger partial charge in [0.05, 0.1) is 0 Å². The molecule has 0 N–H and O–H groups in total. The maximum absolute atomic E-state index is 2.58. The lowest BCUT2D eigenvalue weighted by molar-refractivity contribution is 0.353. The Labute approximate surface area is 306 Å². The highest BCUT2D eigenvalue weighted by Crippen LogP contribution is 2.57. The van der Waals surface area contributed by atoms with Gasteiger partial charge in [-0.15, -0.1) is 0 Å². The van der Waals surface area contributed by atoms with Crippen LogP contribution in [0.4, 0.5) is 11.4 Å². The van der Waals surface area contributed by atoms with Crippen LogP contribution in [0.2, 0.25) is 0 Å². The van der Waals surface area contributed by atoms with Crippen molar-refractivity contribution in [1.82, 2.24) is 0 Å². The fraction of sp³-hybridized carbons (Fsp3) is 0.176. The lowest BCUT2D eigenvalue weighted by Crippen LogP contribution is -2.28. The Hall–Kier alpha value is -5.66. The summed E-state index contributed by atoms with van der Waals surface area (Å²) >= 11 is 0. The van der Waals surface area contributed by atoms with Gasteiger partial charge in [0, 0.05) is 22.5 Å². The Bertz CT molecular complexity index is 2710. The van der Waals surface area contributed by atoms with Gasteiger partial charge in [-0.1, -0.05) is 135 Å². The normalized spacial score (nSPS) is 16.2. The van der Waals surface area contributed by atoms with Crippen molar-refractivity contribution in [2.75, 3.05) is 4.90 Å². The Balaban J connectivity index is 1.00. The van der Waals surface area contributed by atoms with Gasteiger partial charge in [0.1, 0.15) is 0 Å². The van der Waals surface area contributed by atoms with Crippen LogP contribution in [-0.4, -0.2) is 0 Å². The lowest BCUT2D eigenvalue weighted by atomic mass is 9.67. The van der Waals surface area contributed by atoms with Gasteiger partial charge >= 0.3 is 0 Å². The second-order valence-corrected chi connectivity index (χ2v) is 15.5. The Morgan fingerprint density at radius 3 is 1.94 bits per heavy atom. The average molecular weight is 668 g/mol. The first-order valence-electron chi connectivity index (χ1n) is 19.3. The first kappa shape index (κ1) is 30.0. The van der Waals surface area contributed by atoms with E-state index in [0.717, 1.165) is 12.8 Å². The zero-order valence-corrected chi connectivity index (χ0v) is 29.8. The number of fused-ring (bicyclic) bond motifs is 6. The predicted octanol–water partition coefficient (Wildman–Crippen LogP) is 14.1. The predicted molar refractivity (Wildman–Crippen MR) is 221 cm³/mol. The van der Waals surface area contributed by atoms with Crippen molar-refractivity contribution >= 4 is 43.7 Å². The third kappa shape index (κ3) is 4.35. The average Bonchev–Trinajstić information content (AvgIpc) is 3.32. The molecule has 8 aromatic carbocycles. The molecule has 1 nitrogen and oxygen atoms in total. The number of hydrogen-bond donors (Lipinski definition) is 0. The van der Waals surface area contributed by atoms with E-state index in [1.54, 1.807) is 5.56 Å². The van der Waals surface area contributed by atoms with Gasteiger partial charge in [0.25, 0.3) is 0 Å². The van der Waals surface area contributed by atoms with Crippen LogP contribution in [0.15, 0.2) is 151 Å². The summed E-state index contributed by atoms with van der Waals surface area (Å²) in [6.07, 6.45) is 10.9. The lowest BCUT2D eigenvalue weighted by Gasteiger charge is -2.36. The highest BCUT2D eigenvalue weighted by Gasteiger charge is 2.44. The van der Waals surface area contributed by atoms with Crippen molar-refractivity contribution in [2.45, 2.75) is 57.3 Å². The van der Waals surface area contributed by atoms with Crippen molar-refractivity contribution < 1.29 is 0 Å². The maximum atomic E-state index is 2.58. The highest BCUT2D eigenvalue weighted by atomic mass is 15.1. The fourth-order valence-electron chi connectivity index (χ4n) is 10.3. The third-order valence-electron chi connectivity index (χ3n) is 12.8. The van der Waals surface area contributed by atoms with Crippen molar-refractivity contribution in [3.8, 4) is 33.4 Å². The summed E-state index contributed by atoms with van der Waals surface area (Å²) in [5.74, 6) is 0. The summed E-state index contributed by atoms with van der Waals surface area (Å²) < 4.78 is 0. The van der Waals surface area contributed by atoms with E-state index >= 15 is 0 Å². The van der Waals surface area contributed by atoms with Crippen LogP contribution in [0.1, 0.15) is 62.1 Å². The molecule has 3 aliphatic rings. The van der Waals surface area contributed by atoms with E-state index in [4.69, 9.17) is 0 Å².